The number of rotatable bonds is 5. The molecule has 2 atom stereocenters. The summed E-state index contributed by atoms with van der Waals surface area (Å²) in [5.74, 6) is -0.889. The average molecular weight is 177 g/mol. The molecule has 0 amide bonds. The number of hydrogen-bond donors (Lipinski definition) is 3. The summed E-state index contributed by atoms with van der Waals surface area (Å²) in [5, 5.41) is 7.85. The summed E-state index contributed by atoms with van der Waals surface area (Å²) in [6, 6.07) is -0.0291. The van der Waals surface area contributed by atoms with Gasteiger partial charge in [0.15, 0.2) is 0 Å². The molecule has 66 valence electrons. The number of carboxylic acid groups (broad SMARTS) is 1. The van der Waals surface area contributed by atoms with Gasteiger partial charge in [0.05, 0.1) is 0 Å². The van der Waals surface area contributed by atoms with E-state index in [9.17, 15) is 4.79 Å². The van der Waals surface area contributed by atoms with E-state index in [1.54, 1.807) is 0 Å². The van der Waals surface area contributed by atoms with E-state index in [2.05, 4.69) is 12.6 Å². The summed E-state index contributed by atoms with van der Waals surface area (Å²) < 4.78 is 0. The molecule has 0 fully saturated rings. The van der Waals surface area contributed by atoms with Crippen molar-refractivity contribution in [2.75, 3.05) is 0 Å². The Balaban J connectivity index is 3.56. The Labute approximate surface area is 72.4 Å². The van der Waals surface area contributed by atoms with Gasteiger partial charge in [-0.2, -0.15) is 12.6 Å². The molecule has 0 aromatic heterocycles. The monoisotopic (exact) mass is 177 g/mol. The number of thiol groups is 1. The second-order valence-corrected chi connectivity index (χ2v) is 3.26. The van der Waals surface area contributed by atoms with Crippen molar-refractivity contribution in [2.24, 2.45) is 5.73 Å². The second kappa shape index (κ2) is 5.43. The van der Waals surface area contributed by atoms with Crippen molar-refractivity contribution in [2.45, 2.75) is 37.5 Å². The van der Waals surface area contributed by atoms with Crippen molar-refractivity contribution >= 4 is 18.6 Å². The molecule has 3 nitrogen and oxygen atoms in total. The Morgan fingerprint density at radius 2 is 2.27 bits per heavy atom. The molecule has 0 aromatic carbocycles. The van der Waals surface area contributed by atoms with Crippen LogP contribution in [0.15, 0.2) is 0 Å². The summed E-state index contributed by atoms with van der Waals surface area (Å²) in [5.41, 5.74) is 5.61. The molecular weight excluding hydrogens is 162 g/mol. The molecule has 0 aliphatic rings. The first kappa shape index (κ1) is 10.8. The maximum absolute atomic E-state index is 10.3. The van der Waals surface area contributed by atoms with E-state index in [1.165, 1.54) is 0 Å². The fourth-order valence-electron chi connectivity index (χ4n) is 0.876. The number of nitrogens with two attached hydrogens (primary N) is 1. The number of aliphatic carboxylic acids is 1. The van der Waals surface area contributed by atoms with Gasteiger partial charge in [0.1, 0.15) is 5.25 Å². The lowest BCUT2D eigenvalue weighted by Crippen LogP contribution is -2.27. The molecule has 0 heterocycles. The van der Waals surface area contributed by atoms with Gasteiger partial charge in [-0.1, -0.05) is 13.3 Å². The van der Waals surface area contributed by atoms with Crippen LogP contribution in [0.3, 0.4) is 0 Å². The predicted molar refractivity (Wildman–Crippen MR) is 47.9 cm³/mol. The zero-order chi connectivity index (χ0) is 8.85. The Bertz CT molecular complexity index is 130. The standard InChI is InChI=1S/C7H15NO2S/c1-2-3-5(8)4-6(11)7(9)10/h5-6,11H,2-4,8H2,1H3,(H,9,10). The molecule has 0 bridgehead atoms. The highest BCUT2D eigenvalue weighted by Gasteiger charge is 2.15. The first-order chi connectivity index (χ1) is 5.07. The molecule has 0 radical (unpaired) electrons. The largest absolute Gasteiger partial charge is 0.480 e. The fourth-order valence-corrected chi connectivity index (χ4v) is 1.15. The minimum absolute atomic E-state index is 0.0291. The number of hydrogen-bond acceptors (Lipinski definition) is 3. The van der Waals surface area contributed by atoms with Gasteiger partial charge in [0.25, 0.3) is 0 Å². The lowest BCUT2D eigenvalue weighted by molar-refractivity contribution is -0.136. The average Bonchev–Trinajstić information content (AvgIpc) is 1.87. The van der Waals surface area contributed by atoms with E-state index >= 15 is 0 Å². The van der Waals surface area contributed by atoms with Crippen LogP contribution in [-0.4, -0.2) is 22.4 Å². The normalized spacial score (nSPS) is 15.9. The van der Waals surface area contributed by atoms with Crippen molar-refractivity contribution in [1.82, 2.24) is 0 Å². The molecule has 3 N–H and O–H groups in total. The van der Waals surface area contributed by atoms with Gasteiger partial charge in [0, 0.05) is 6.04 Å². The Hall–Kier alpha value is -0.220. The highest BCUT2D eigenvalue weighted by molar-refractivity contribution is 7.81. The van der Waals surface area contributed by atoms with E-state index in [-0.39, 0.29) is 6.04 Å². The van der Waals surface area contributed by atoms with Crippen molar-refractivity contribution in [3.05, 3.63) is 0 Å². The highest BCUT2D eigenvalue weighted by atomic mass is 32.1. The van der Waals surface area contributed by atoms with Crippen molar-refractivity contribution in [3.63, 3.8) is 0 Å². The smallest absolute Gasteiger partial charge is 0.316 e. The molecule has 2 unspecified atom stereocenters. The third-order valence-corrected chi connectivity index (χ3v) is 1.90. The molecule has 0 aliphatic carbocycles. The van der Waals surface area contributed by atoms with Crippen LogP contribution in [0.4, 0.5) is 0 Å². The van der Waals surface area contributed by atoms with Crippen molar-refractivity contribution in [3.8, 4) is 0 Å². The molecule has 4 heteroatoms. The molecule has 0 aromatic rings. The topological polar surface area (TPSA) is 63.3 Å². The Morgan fingerprint density at radius 3 is 2.64 bits per heavy atom. The van der Waals surface area contributed by atoms with Gasteiger partial charge in [-0.15, -0.1) is 0 Å². The van der Waals surface area contributed by atoms with Gasteiger partial charge in [-0.3, -0.25) is 4.79 Å². The van der Waals surface area contributed by atoms with Crippen LogP contribution < -0.4 is 5.73 Å². The molecule has 11 heavy (non-hydrogen) atoms. The van der Waals surface area contributed by atoms with Gasteiger partial charge in [-0.05, 0) is 12.8 Å². The predicted octanol–water partition coefficient (Wildman–Crippen LogP) is 0.887. The van der Waals surface area contributed by atoms with Crippen LogP contribution in [0.5, 0.6) is 0 Å². The summed E-state index contributed by atoms with van der Waals surface area (Å²) in [6.45, 7) is 2.02. The van der Waals surface area contributed by atoms with Gasteiger partial charge in [0.2, 0.25) is 0 Å². The van der Waals surface area contributed by atoms with Crippen LogP contribution in [0, 0.1) is 0 Å². The molecule has 0 saturated heterocycles. The van der Waals surface area contributed by atoms with Crippen LogP contribution in [0.2, 0.25) is 0 Å². The third kappa shape index (κ3) is 5.09. The maximum Gasteiger partial charge on any atom is 0.316 e. The molecular formula is C7H15NO2S. The highest BCUT2D eigenvalue weighted by Crippen LogP contribution is 2.07. The summed E-state index contributed by atoms with van der Waals surface area (Å²) in [6.07, 6.45) is 2.30. The summed E-state index contributed by atoms with van der Waals surface area (Å²) in [7, 11) is 0. The zero-order valence-electron chi connectivity index (χ0n) is 6.66. The second-order valence-electron chi connectivity index (χ2n) is 2.64. The van der Waals surface area contributed by atoms with Crippen LogP contribution in [0.1, 0.15) is 26.2 Å². The van der Waals surface area contributed by atoms with Gasteiger partial charge < -0.3 is 10.8 Å². The van der Waals surface area contributed by atoms with E-state index < -0.39 is 11.2 Å². The van der Waals surface area contributed by atoms with Crippen LogP contribution >= 0.6 is 12.6 Å². The quantitative estimate of drug-likeness (QED) is 0.546. The lowest BCUT2D eigenvalue weighted by Gasteiger charge is -2.11. The fraction of sp³-hybridized carbons (Fsp3) is 0.857. The molecule has 0 aliphatic heterocycles. The van der Waals surface area contributed by atoms with Crippen LogP contribution in [-0.2, 0) is 4.79 Å². The first-order valence-corrected chi connectivity index (χ1v) is 4.26. The minimum Gasteiger partial charge on any atom is -0.480 e. The SMILES string of the molecule is CCCC(N)CC(S)C(=O)O. The van der Waals surface area contributed by atoms with Crippen molar-refractivity contribution in [1.29, 1.82) is 0 Å². The zero-order valence-corrected chi connectivity index (χ0v) is 7.55. The third-order valence-electron chi connectivity index (χ3n) is 1.47. The van der Waals surface area contributed by atoms with E-state index in [0.29, 0.717) is 6.42 Å². The van der Waals surface area contributed by atoms with E-state index in [1.807, 2.05) is 6.92 Å². The summed E-state index contributed by atoms with van der Waals surface area (Å²) >= 11 is 3.88. The van der Waals surface area contributed by atoms with Crippen LogP contribution in [0.25, 0.3) is 0 Å². The molecule has 0 spiro atoms. The molecule has 0 saturated carbocycles. The minimum atomic E-state index is -0.889. The number of carbonyl (C=O) groups is 1. The van der Waals surface area contributed by atoms with Gasteiger partial charge in [-0.25, -0.2) is 0 Å². The lowest BCUT2D eigenvalue weighted by atomic mass is 10.1. The first-order valence-electron chi connectivity index (χ1n) is 3.74. The van der Waals surface area contributed by atoms with Crippen molar-refractivity contribution < 1.29 is 9.90 Å². The van der Waals surface area contributed by atoms with E-state index in [4.69, 9.17) is 10.8 Å². The Kier molecular flexibility index (Phi) is 5.32. The van der Waals surface area contributed by atoms with Gasteiger partial charge >= 0.3 is 5.97 Å². The number of carboxylic acids is 1. The molecule has 0 rings (SSSR count). The maximum atomic E-state index is 10.3. The Morgan fingerprint density at radius 1 is 1.73 bits per heavy atom. The summed E-state index contributed by atoms with van der Waals surface area (Å²) in [4.78, 5) is 10.3. The van der Waals surface area contributed by atoms with E-state index in [0.717, 1.165) is 12.8 Å².